The Morgan fingerprint density at radius 2 is 1.80 bits per heavy atom. The Hall–Kier alpha value is -0.650. The molecule has 0 aromatic carbocycles. The van der Waals surface area contributed by atoms with E-state index < -0.39 is 0 Å². The maximum absolute atomic E-state index is 11.0. The summed E-state index contributed by atoms with van der Waals surface area (Å²) >= 11 is 0. The minimum atomic E-state index is -0.0752. The van der Waals surface area contributed by atoms with Crippen LogP contribution < -0.4 is 5.32 Å². The van der Waals surface area contributed by atoms with Crippen LogP contribution in [-0.4, -0.2) is 52.6 Å². The number of carbonyl (C=O) groups is 1. The predicted molar refractivity (Wildman–Crippen MR) is 56.8 cm³/mol. The van der Waals surface area contributed by atoms with Gasteiger partial charge in [-0.2, -0.15) is 0 Å². The first kappa shape index (κ1) is 14.3. The molecule has 5 heteroatoms. The van der Waals surface area contributed by atoms with Crippen LogP contribution in [0.4, 0.5) is 0 Å². The molecule has 0 fully saturated rings. The zero-order valence-corrected chi connectivity index (χ0v) is 9.58. The minimum absolute atomic E-state index is 0.0752. The summed E-state index contributed by atoms with van der Waals surface area (Å²) < 4.78 is 15.1. The normalized spacial score (nSPS) is 10.3. The third-order valence-corrected chi connectivity index (χ3v) is 1.61. The first-order valence-corrected chi connectivity index (χ1v) is 5.22. The highest BCUT2D eigenvalue weighted by molar-refractivity contribution is 5.77. The molecule has 0 saturated carbocycles. The van der Waals surface area contributed by atoms with Gasteiger partial charge in [-0.3, -0.25) is 4.79 Å². The van der Waals surface area contributed by atoms with E-state index in [4.69, 9.17) is 14.2 Å². The molecule has 0 radical (unpaired) electrons. The molecule has 0 spiro atoms. The molecule has 0 saturated heterocycles. The second-order valence-electron chi connectivity index (χ2n) is 3.01. The van der Waals surface area contributed by atoms with Crippen molar-refractivity contribution in [3.05, 3.63) is 0 Å². The van der Waals surface area contributed by atoms with Gasteiger partial charge in [0.15, 0.2) is 0 Å². The summed E-state index contributed by atoms with van der Waals surface area (Å²) in [4.78, 5) is 11.0. The van der Waals surface area contributed by atoms with Crippen molar-refractivity contribution in [3.63, 3.8) is 0 Å². The van der Waals surface area contributed by atoms with E-state index in [1.54, 1.807) is 7.11 Å². The van der Waals surface area contributed by atoms with E-state index in [1.165, 1.54) is 0 Å². The molecule has 15 heavy (non-hydrogen) atoms. The monoisotopic (exact) mass is 219 g/mol. The largest absolute Gasteiger partial charge is 0.382 e. The Morgan fingerprint density at radius 1 is 1.13 bits per heavy atom. The number of ether oxygens (including phenoxy) is 3. The van der Waals surface area contributed by atoms with Crippen LogP contribution in [-0.2, 0) is 19.0 Å². The lowest BCUT2D eigenvalue weighted by molar-refractivity contribution is -0.126. The molecule has 90 valence electrons. The lowest BCUT2D eigenvalue weighted by Gasteiger charge is -2.05. The summed E-state index contributed by atoms with van der Waals surface area (Å²) in [6.45, 7) is 4.87. The van der Waals surface area contributed by atoms with Crippen LogP contribution in [0.3, 0.4) is 0 Å². The van der Waals surface area contributed by atoms with E-state index >= 15 is 0 Å². The Morgan fingerprint density at radius 3 is 2.47 bits per heavy atom. The first-order valence-electron chi connectivity index (χ1n) is 5.22. The summed E-state index contributed by atoms with van der Waals surface area (Å²) in [7, 11) is 1.62. The van der Waals surface area contributed by atoms with Gasteiger partial charge < -0.3 is 19.5 Å². The topological polar surface area (TPSA) is 56.8 Å². The van der Waals surface area contributed by atoms with Crippen LogP contribution in [0.25, 0.3) is 0 Å². The highest BCUT2D eigenvalue weighted by Crippen LogP contribution is 1.80. The van der Waals surface area contributed by atoms with Gasteiger partial charge in [-0.15, -0.1) is 0 Å². The van der Waals surface area contributed by atoms with Crippen molar-refractivity contribution in [2.45, 2.75) is 13.3 Å². The van der Waals surface area contributed by atoms with Gasteiger partial charge in [-0.1, -0.05) is 6.92 Å². The average Bonchev–Trinajstić information content (AvgIpc) is 2.25. The first-order chi connectivity index (χ1) is 7.31. The fraction of sp³-hybridized carbons (Fsp3) is 0.900. The smallest absolute Gasteiger partial charge is 0.245 e. The molecule has 0 aliphatic rings. The van der Waals surface area contributed by atoms with Crippen LogP contribution in [0.5, 0.6) is 0 Å². The Balaban J connectivity index is 3.06. The van der Waals surface area contributed by atoms with Gasteiger partial charge in [0.25, 0.3) is 0 Å². The SMILES string of the molecule is CCCNC(=O)COCCOCCOC. The highest BCUT2D eigenvalue weighted by atomic mass is 16.5. The standard InChI is InChI=1S/C10H21NO4/c1-3-4-11-10(12)9-15-8-7-14-6-5-13-2/h3-9H2,1-2H3,(H,11,12). The summed E-state index contributed by atoms with van der Waals surface area (Å²) in [5, 5.41) is 2.72. The fourth-order valence-electron chi connectivity index (χ4n) is 0.842. The Labute approximate surface area is 91.1 Å². The molecular weight excluding hydrogens is 198 g/mol. The van der Waals surface area contributed by atoms with Gasteiger partial charge in [-0.25, -0.2) is 0 Å². The van der Waals surface area contributed by atoms with Gasteiger partial charge in [0, 0.05) is 13.7 Å². The quantitative estimate of drug-likeness (QED) is 0.533. The molecule has 1 amide bonds. The zero-order chi connectivity index (χ0) is 11.4. The van der Waals surface area contributed by atoms with Gasteiger partial charge in [0.2, 0.25) is 5.91 Å². The van der Waals surface area contributed by atoms with Crippen molar-refractivity contribution in [2.24, 2.45) is 0 Å². The maximum Gasteiger partial charge on any atom is 0.245 e. The number of hydrogen-bond donors (Lipinski definition) is 1. The van der Waals surface area contributed by atoms with E-state index in [-0.39, 0.29) is 12.5 Å². The van der Waals surface area contributed by atoms with Gasteiger partial charge in [0.05, 0.1) is 26.4 Å². The third-order valence-electron chi connectivity index (χ3n) is 1.61. The zero-order valence-electron chi connectivity index (χ0n) is 9.58. The van der Waals surface area contributed by atoms with Crippen molar-refractivity contribution in [3.8, 4) is 0 Å². The number of methoxy groups -OCH3 is 1. The molecule has 5 nitrogen and oxygen atoms in total. The van der Waals surface area contributed by atoms with E-state index in [1.807, 2.05) is 6.92 Å². The summed E-state index contributed by atoms with van der Waals surface area (Å²) in [6.07, 6.45) is 0.936. The van der Waals surface area contributed by atoms with Crippen molar-refractivity contribution in [1.82, 2.24) is 5.32 Å². The fourth-order valence-corrected chi connectivity index (χ4v) is 0.842. The second-order valence-corrected chi connectivity index (χ2v) is 3.01. The minimum Gasteiger partial charge on any atom is -0.382 e. The molecule has 0 aromatic rings. The molecule has 0 bridgehead atoms. The number of nitrogens with one attached hydrogen (secondary N) is 1. The van der Waals surface area contributed by atoms with Crippen LogP contribution in [0, 0.1) is 0 Å². The molecule has 0 rings (SSSR count). The molecule has 0 unspecified atom stereocenters. The van der Waals surface area contributed by atoms with Crippen molar-refractivity contribution in [1.29, 1.82) is 0 Å². The van der Waals surface area contributed by atoms with E-state index in [0.717, 1.165) is 6.42 Å². The van der Waals surface area contributed by atoms with E-state index in [9.17, 15) is 4.79 Å². The molecule has 0 aliphatic heterocycles. The van der Waals surface area contributed by atoms with Crippen molar-refractivity contribution in [2.75, 3.05) is 46.7 Å². The van der Waals surface area contributed by atoms with Gasteiger partial charge >= 0.3 is 0 Å². The van der Waals surface area contributed by atoms with Crippen LogP contribution in [0.2, 0.25) is 0 Å². The van der Waals surface area contributed by atoms with Crippen LogP contribution >= 0.6 is 0 Å². The van der Waals surface area contributed by atoms with Gasteiger partial charge in [-0.05, 0) is 6.42 Å². The van der Waals surface area contributed by atoms with E-state index in [0.29, 0.717) is 33.0 Å². The summed E-state index contributed by atoms with van der Waals surface area (Å²) in [6, 6.07) is 0. The van der Waals surface area contributed by atoms with Crippen LogP contribution in [0.15, 0.2) is 0 Å². The molecule has 0 heterocycles. The van der Waals surface area contributed by atoms with Gasteiger partial charge in [0.1, 0.15) is 6.61 Å². The number of carbonyl (C=O) groups excluding carboxylic acids is 1. The lowest BCUT2D eigenvalue weighted by Crippen LogP contribution is -2.28. The Kier molecular flexibility index (Phi) is 10.9. The Bertz CT molecular complexity index is 152. The maximum atomic E-state index is 11.0. The highest BCUT2D eigenvalue weighted by Gasteiger charge is 1.98. The second kappa shape index (κ2) is 11.4. The third kappa shape index (κ3) is 11.3. The van der Waals surface area contributed by atoms with Crippen molar-refractivity contribution < 1.29 is 19.0 Å². The summed E-state index contributed by atoms with van der Waals surface area (Å²) in [5.41, 5.74) is 0. The molecule has 0 aliphatic carbocycles. The van der Waals surface area contributed by atoms with Crippen molar-refractivity contribution >= 4 is 5.91 Å². The summed E-state index contributed by atoms with van der Waals surface area (Å²) in [5.74, 6) is -0.0752. The predicted octanol–water partition coefficient (Wildman–Crippen LogP) is 0.192. The lowest BCUT2D eigenvalue weighted by atomic mass is 10.5. The number of hydrogen-bond acceptors (Lipinski definition) is 4. The molecule has 1 N–H and O–H groups in total. The molecule has 0 aromatic heterocycles. The average molecular weight is 219 g/mol. The molecule has 0 atom stereocenters. The van der Waals surface area contributed by atoms with E-state index in [2.05, 4.69) is 5.32 Å². The number of rotatable bonds is 10. The number of amides is 1. The van der Waals surface area contributed by atoms with Crippen LogP contribution in [0.1, 0.15) is 13.3 Å². The molecular formula is C10H21NO4.